The first-order valence-corrected chi connectivity index (χ1v) is 16.4. The molecule has 48 heavy (non-hydrogen) atoms. The van der Waals surface area contributed by atoms with Crippen LogP contribution in [0, 0.1) is 0 Å². The largest absolute Gasteiger partial charge is 0.456 e. The number of rotatable bonds is 4. The minimum atomic E-state index is 0.897. The lowest BCUT2D eigenvalue weighted by Gasteiger charge is -2.30. The Hall–Kier alpha value is -6.38. The average molecular weight is 612 g/mol. The van der Waals surface area contributed by atoms with Gasteiger partial charge in [0.05, 0.1) is 11.4 Å². The molecule has 10 rings (SSSR count). The first kappa shape index (κ1) is 26.8. The molecule has 224 valence electrons. The summed E-state index contributed by atoms with van der Waals surface area (Å²) in [6.45, 7) is 0. The topological polar surface area (TPSA) is 16.4 Å². The van der Waals surface area contributed by atoms with Crippen molar-refractivity contribution in [3.63, 3.8) is 0 Å². The van der Waals surface area contributed by atoms with E-state index in [-0.39, 0.29) is 0 Å². The van der Waals surface area contributed by atoms with Crippen molar-refractivity contribution >= 4 is 82.1 Å². The molecule has 0 saturated heterocycles. The normalized spacial score (nSPS) is 11.8. The molecule has 0 N–H and O–H groups in total. The Bertz CT molecular complexity index is 2860. The highest BCUT2D eigenvalue weighted by molar-refractivity contribution is 6.16. The van der Waals surface area contributed by atoms with E-state index < -0.39 is 0 Å². The zero-order valence-electron chi connectivity index (χ0n) is 26.1. The Morgan fingerprint density at radius 1 is 0.333 bits per heavy atom. The Kier molecular flexibility index (Phi) is 5.91. The second-order valence-corrected chi connectivity index (χ2v) is 12.6. The summed E-state index contributed by atoms with van der Waals surface area (Å²) in [5.41, 5.74) is 7.48. The number of anilines is 3. The molecule has 0 unspecified atom stereocenters. The van der Waals surface area contributed by atoms with Crippen LogP contribution in [0.3, 0.4) is 0 Å². The predicted molar refractivity (Wildman–Crippen MR) is 204 cm³/mol. The molecule has 2 heteroatoms. The summed E-state index contributed by atoms with van der Waals surface area (Å²) in [5.74, 6) is 0. The number of hydrogen-bond acceptors (Lipinski definition) is 2. The van der Waals surface area contributed by atoms with Crippen molar-refractivity contribution in [1.82, 2.24) is 0 Å². The summed E-state index contributed by atoms with van der Waals surface area (Å²) in [5, 5.41) is 12.0. The lowest BCUT2D eigenvalue weighted by molar-refractivity contribution is 0.669. The van der Waals surface area contributed by atoms with Crippen LogP contribution >= 0.6 is 0 Å². The zero-order valence-corrected chi connectivity index (χ0v) is 26.1. The van der Waals surface area contributed by atoms with E-state index in [1.54, 1.807) is 0 Å². The molecule has 2 nitrogen and oxygen atoms in total. The highest BCUT2D eigenvalue weighted by atomic mass is 16.3. The number of benzene rings is 9. The van der Waals surface area contributed by atoms with Crippen LogP contribution in [-0.4, -0.2) is 0 Å². The van der Waals surface area contributed by atoms with E-state index in [2.05, 4.69) is 181 Å². The van der Waals surface area contributed by atoms with Gasteiger partial charge >= 0.3 is 0 Å². The van der Waals surface area contributed by atoms with Crippen molar-refractivity contribution in [2.24, 2.45) is 0 Å². The first-order chi connectivity index (χ1) is 23.8. The van der Waals surface area contributed by atoms with E-state index in [1.165, 1.54) is 43.1 Å². The minimum Gasteiger partial charge on any atom is -0.456 e. The van der Waals surface area contributed by atoms with Gasteiger partial charge in [-0.2, -0.15) is 0 Å². The van der Waals surface area contributed by atoms with Gasteiger partial charge in [0.2, 0.25) is 0 Å². The second kappa shape index (κ2) is 10.6. The quantitative estimate of drug-likeness (QED) is 0.184. The Labute approximate surface area is 277 Å². The second-order valence-electron chi connectivity index (χ2n) is 12.6. The van der Waals surface area contributed by atoms with E-state index in [0.717, 1.165) is 50.1 Å². The predicted octanol–water partition coefficient (Wildman–Crippen LogP) is 13.3. The summed E-state index contributed by atoms with van der Waals surface area (Å²) in [6, 6.07) is 63.5. The van der Waals surface area contributed by atoms with Crippen LogP contribution < -0.4 is 4.90 Å². The van der Waals surface area contributed by atoms with Crippen LogP contribution in [0.5, 0.6) is 0 Å². The van der Waals surface area contributed by atoms with Gasteiger partial charge in [-0.15, -0.1) is 0 Å². The van der Waals surface area contributed by atoms with Crippen molar-refractivity contribution in [3.8, 4) is 11.1 Å². The number of para-hydroxylation sites is 1. The Morgan fingerprint density at radius 2 is 0.958 bits per heavy atom. The molecule has 10 aromatic rings. The van der Waals surface area contributed by atoms with Crippen LogP contribution in [0.2, 0.25) is 0 Å². The molecule has 0 atom stereocenters. The van der Waals surface area contributed by atoms with Gasteiger partial charge in [0, 0.05) is 27.4 Å². The van der Waals surface area contributed by atoms with Crippen LogP contribution in [0.1, 0.15) is 0 Å². The van der Waals surface area contributed by atoms with Gasteiger partial charge in [-0.25, -0.2) is 0 Å². The number of hydrogen-bond donors (Lipinski definition) is 0. The first-order valence-electron chi connectivity index (χ1n) is 16.4. The minimum absolute atomic E-state index is 0.897. The summed E-state index contributed by atoms with van der Waals surface area (Å²) >= 11 is 0. The third-order valence-corrected chi connectivity index (χ3v) is 9.77. The maximum absolute atomic E-state index is 6.39. The molecule has 1 aromatic heterocycles. The standard InChI is InChI=1S/C46H29NO/c1-2-12-31-25-36(23-21-30(31)11-1)47(44-28-34-15-5-6-16-37(34)39-18-7-8-19-40(39)44)43-20-10-9-17-38(43)35-22-24-45-41(27-35)42-26-32-13-3-4-14-33(32)29-46(42)48-45/h1-29H. The third kappa shape index (κ3) is 4.20. The summed E-state index contributed by atoms with van der Waals surface area (Å²) in [4.78, 5) is 2.45. The summed E-state index contributed by atoms with van der Waals surface area (Å²) in [6.07, 6.45) is 0. The molecule has 9 aromatic carbocycles. The number of nitrogens with zero attached hydrogens (tertiary/aromatic N) is 1. The monoisotopic (exact) mass is 611 g/mol. The van der Waals surface area contributed by atoms with Gasteiger partial charge in [0.1, 0.15) is 11.2 Å². The number of furan rings is 1. The van der Waals surface area contributed by atoms with Crippen LogP contribution in [0.4, 0.5) is 17.1 Å². The van der Waals surface area contributed by atoms with Crippen LogP contribution in [0.15, 0.2) is 180 Å². The molecule has 0 bridgehead atoms. The van der Waals surface area contributed by atoms with Gasteiger partial charge in [-0.3, -0.25) is 0 Å². The van der Waals surface area contributed by atoms with E-state index in [4.69, 9.17) is 4.42 Å². The molecule has 0 aliphatic carbocycles. The fourth-order valence-electron chi connectivity index (χ4n) is 7.49. The third-order valence-electron chi connectivity index (χ3n) is 9.77. The Morgan fingerprint density at radius 3 is 1.79 bits per heavy atom. The van der Waals surface area contributed by atoms with Gasteiger partial charge in [-0.1, -0.05) is 127 Å². The highest BCUT2D eigenvalue weighted by Gasteiger charge is 2.21. The van der Waals surface area contributed by atoms with Gasteiger partial charge < -0.3 is 9.32 Å². The molecular formula is C46H29NO. The zero-order chi connectivity index (χ0) is 31.6. The van der Waals surface area contributed by atoms with Crippen molar-refractivity contribution < 1.29 is 4.42 Å². The fourth-order valence-corrected chi connectivity index (χ4v) is 7.49. The molecule has 0 aliphatic rings. The Balaban J connectivity index is 1.25. The molecular weight excluding hydrogens is 583 g/mol. The molecule has 0 spiro atoms. The smallest absolute Gasteiger partial charge is 0.136 e. The van der Waals surface area contributed by atoms with E-state index in [1.807, 2.05) is 0 Å². The molecule has 0 fully saturated rings. The maximum atomic E-state index is 6.39. The van der Waals surface area contributed by atoms with E-state index >= 15 is 0 Å². The molecule has 1 heterocycles. The van der Waals surface area contributed by atoms with Gasteiger partial charge in [0.15, 0.2) is 0 Å². The molecule has 0 saturated carbocycles. The number of fused-ring (bicyclic) bond motifs is 8. The summed E-state index contributed by atoms with van der Waals surface area (Å²) < 4.78 is 6.39. The van der Waals surface area contributed by atoms with Crippen LogP contribution in [-0.2, 0) is 0 Å². The van der Waals surface area contributed by atoms with Crippen molar-refractivity contribution in [3.05, 3.63) is 176 Å². The van der Waals surface area contributed by atoms with Crippen LogP contribution in [0.25, 0.3) is 76.2 Å². The fraction of sp³-hybridized carbons (Fsp3) is 0. The van der Waals surface area contributed by atoms with E-state index in [0.29, 0.717) is 0 Å². The lowest BCUT2D eigenvalue weighted by Crippen LogP contribution is -2.12. The van der Waals surface area contributed by atoms with Crippen molar-refractivity contribution in [2.45, 2.75) is 0 Å². The van der Waals surface area contributed by atoms with Crippen molar-refractivity contribution in [1.29, 1.82) is 0 Å². The molecule has 0 amide bonds. The van der Waals surface area contributed by atoms with E-state index in [9.17, 15) is 0 Å². The SMILES string of the molecule is c1ccc(N(c2ccc3ccccc3c2)c2cc3ccccc3c3ccccc23)c(-c2ccc3oc4cc5ccccc5cc4c3c2)c1. The van der Waals surface area contributed by atoms with Crippen molar-refractivity contribution in [2.75, 3.05) is 4.90 Å². The maximum Gasteiger partial charge on any atom is 0.136 e. The summed E-state index contributed by atoms with van der Waals surface area (Å²) in [7, 11) is 0. The molecule has 0 aliphatic heterocycles. The average Bonchev–Trinajstić information content (AvgIpc) is 3.50. The molecule has 0 radical (unpaired) electrons. The van der Waals surface area contributed by atoms with Gasteiger partial charge in [0.25, 0.3) is 0 Å². The lowest BCUT2D eigenvalue weighted by atomic mass is 9.96. The highest BCUT2D eigenvalue weighted by Crippen LogP contribution is 2.46. The van der Waals surface area contributed by atoms with Gasteiger partial charge in [-0.05, 0) is 91.8 Å².